The molecular formula is C9H12F2N2O. The summed E-state index contributed by atoms with van der Waals surface area (Å²) in [6.07, 6.45) is 0. The van der Waals surface area contributed by atoms with E-state index in [4.69, 9.17) is 5.73 Å². The van der Waals surface area contributed by atoms with Gasteiger partial charge in [0.1, 0.15) is 0 Å². The molecule has 1 aromatic rings. The molecule has 0 amide bonds. The molecule has 0 aliphatic rings. The Bertz CT molecular complexity index is 393. The number of pyridine rings is 1. The molecule has 78 valence electrons. The number of hydrogen-bond donors (Lipinski definition) is 1. The van der Waals surface area contributed by atoms with E-state index in [0.29, 0.717) is 11.4 Å². The maximum Gasteiger partial charge on any atom is 0.263 e. The molecule has 0 saturated carbocycles. The average Bonchev–Trinajstić information content (AvgIpc) is 2.04. The van der Waals surface area contributed by atoms with Crippen LogP contribution >= 0.6 is 0 Å². The van der Waals surface area contributed by atoms with Crippen LogP contribution in [0.25, 0.3) is 0 Å². The van der Waals surface area contributed by atoms with Crippen molar-refractivity contribution in [3.8, 4) is 0 Å². The molecule has 5 heteroatoms. The van der Waals surface area contributed by atoms with Gasteiger partial charge in [-0.05, 0) is 13.0 Å². The fourth-order valence-electron chi connectivity index (χ4n) is 1.17. The summed E-state index contributed by atoms with van der Waals surface area (Å²) in [5.41, 5.74) is 5.76. The highest BCUT2D eigenvalue weighted by molar-refractivity contribution is 5.41. The van der Waals surface area contributed by atoms with Gasteiger partial charge in [-0.25, -0.2) is 8.78 Å². The van der Waals surface area contributed by atoms with E-state index in [1.807, 2.05) is 0 Å². The number of rotatable bonds is 2. The summed E-state index contributed by atoms with van der Waals surface area (Å²) in [5, 5.41) is 0. The van der Waals surface area contributed by atoms with Gasteiger partial charge in [0.2, 0.25) is 0 Å². The Morgan fingerprint density at radius 3 is 2.57 bits per heavy atom. The monoisotopic (exact) mass is 202 g/mol. The largest absolute Gasteiger partial charge is 0.397 e. The lowest BCUT2D eigenvalue weighted by Gasteiger charge is -2.15. The number of alkyl halides is 2. The molecule has 1 heterocycles. The summed E-state index contributed by atoms with van der Waals surface area (Å²) in [4.78, 5) is 11.2. The Labute approximate surface area is 80.2 Å². The molecule has 0 bridgehead atoms. The van der Waals surface area contributed by atoms with E-state index < -0.39 is 18.0 Å². The first-order chi connectivity index (χ1) is 6.31. The zero-order chi connectivity index (χ0) is 10.9. The van der Waals surface area contributed by atoms with Crippen molar-refractivity contribution in [1.82, 2.24) is 4.57 Å². The van der Waals surface area contributed by atoms with Crippen molar-refractivity contribution in [3.05, 3.63) is 28.2 Å². The molecular weight excluding hydrogens is 190 g/mol. The van der Waals surface area contributed by atoms with Gasteiger partial charge in [-0.1, -0.05) is 0 Å². The molecule has 0 aliphatic carbocycles. The highest BCUT2D eigenvalue weighted by atomic mass is 19.3. The van der Waals surface area contributed by atoms with E-state index in [9.17, 15) is 13.6 Å². The van der Waals surface area contributed by atoms with Crippen molar-refractivity contribution in [2.75, 3.05) is 5.73 Å². The summed E-state index contributed by atoms with van der Waals surface area (Å²) >= 11 is 0. The Morgan fingerprint density at radius 1 is 1.50 bits per heavy atom. The lowest BCUT2D eigenvalue weighted by atomic mass is 10.3. The maximum atomic E-state index is 12.7. The van der Waals surface area contributed by atoms with Gasteiger partial charge in [-0.3, -0.25) is 4.79 Å². The molecule has 3 nitrogen and oxygen atoms in total. The Kier molecular flexibility index (Phi) is 2.59. The molecule has 0 aromatic carbocycles. The highest BCUT2D eigenvalue weighted by Crippen LogP contribution is 2.16. The van der Waals surface area contributed by atoms with Crippen LogP contribution in [0.1, 0.15) is 12.6 Å². The van der Waals surface area contributed by atoms with E-state index in [2.05, 4.69) is 0 Å². The molecule has 0 saturated heterocycles. The van der Waals surface area contributed by atoms with E-state index in [-0.39, 0.29) is 0 Å². The number of nitrogen functional groups attached to an aromatic ring is 1. The number of anilines is 1. The first-order valence-electron chi connectivity index (χ1n) is 4.15. The second-order valence-corrected chi connectivity index (χ2v) is 3.37. The van der Waals surface area contributed by atoms with Crippen LogP contribution in [0.4, 0.5) is 14.5 Å². The number of halogens is 2. The third-order valence-corrected chi connectivity index (χ3v) is 1.93. The predicted octanol–water partition coefficient (Wildman–Crippen LogP) is 1.39. The molecule has 0 unspecified atom stereocenters. The topological polar surface area (TPSA) is 48.0 Å². The van der Waals surface area contributed by atoms with Crippen LogP contribution in [-0.2, 0) is 6.54 Å². The van der Waals surface area contributed by atoms with Gasteiger partial charge in [-0.15, -0.1) is 0 Å². The summed E-state index contributed by atoms with van der Waals surface area (Å²) in [6.45, 7) is 1.67. The molecule has 1 rings (SSSR count). The number of hydrogen-bond acceptors (Lipinski definition) is 2. The average molecular weight is 202 g/mol. The molecule has 0 atom stereocenters. The van der Waals surface area contributed by atoms with Crippen molar-refractivity contribution in [1.29, 1.82) is 0 Å². The van der Waals surface area contributed by atoms with E-state index in [0.717, 1.165) is 11.5 Å². The predicted molar refractivity (Wildman–Crippen MR) is 50.5 cm³/mol. The molecule has 0 spiro atoms. The van der Waals surface area contributed by atoms with Crippen LogP contribution in [0.5, 0.6) is 0 Å². The Hall–Kier alpha value is -1.39. The Balaban J connectivity index is 3.20. The Morgan fingerprint density at radius 2 is 2.07 bits per heavy atom. The lowest BCUT2D eigenvalue weighted by molar-refractivity contribution is 0.00248. The van der Waals surface area contributed by atoms with Crippen molar-refractivity contribution in [2.24, 2.45) is 0 Å². The quantitative estimate of drug-likeness (QED) is 0.787. The first-order valence-corrected chi connectivity index (χ1v) is 4.15. The summed E-state index contributed by atoms with van der Waals surface area (Å²) in [5.74, 6) is -2.91. The van der Waals surface area contributed by atoms with Gasteiger partial charge in [0.05, 0.1) is 12.2 Å². The van der Waals surface area contributed by atoms with Gasteiger partial charge < -0.3 is 10.3 Å². The molecule has 0 fully saturated rings. The zero-order valence-electron chi connectivity index (χ0n) is 8.05. The van der Waals surface area contributed by atoms with Crippen molar-refractivity contribution in [3.63, 3.8) is 0 Å². The minimum absolute atomic E-state index is 0.342. The van der Waals surface area contributed by atoms with Crippen LogP contribution < -0.4 is 11.3 Å². The fourth-order valence-corrected chi connectivity index (χ4v) is 1.17. The van der Waals surface area contributed by atoms with Crippen LogP contribution in [-0.4, -0.2) is 10.5 Å². The van der Waals surface area contributed by atoms with Crippen molar-refractivity contribution in [2.45, 2.75) is 26.3 Å². The number of nitrogens with two attached hydrogens (primary N) is 1. The molecule has 0 radical (unpaired) electrons. The lowest BCUT2D eigenvalue weighted by Crippen LogP contribution is -2.30. The van der Waals surface area contributed by atoms with Gasteiger partial charge in [-0.2, -0.15) is 0 Å². The maximum absolute atomic E-state index is 12.7. The summed E-state index contributed by atoms with van der Waals surface area (Å²) in [6, 6.07) is 2.61. The van der Waals surface area contributed by atoms with Gasteiger partial charge >= 0.3 is 0 Å². The van der Waals surface area contributed by atoms with Crippen LogP contribution in [0.3, 0.4) is 0 Å². The van der Waals surface area contributed by atoms with E-state index >= 15 is 0 Å². The van der Waals surface area contributed by atoms with Gasteiger partial charge in [0, 0.05) is 18.7 Å². The minimum Gasteiger partial charge on any atom is -0.397 e. The van der Waals surface area contributed by atoms with Crippen LogP contribution in [0.15, 0.2) is 16.9 Å². The first kappa shape index (κ1) is 10.7. The summed E-state index contributed by atoms with van der Waals surface area (Å²) in [7, 11) is 0. The molecule has 2 N–H and O–H groups in total. The second-order valence-electron chi connectivity index (χ2n) is 3.37. The van der Waals surface area contributed by atoms with E-state index in [1.165, 1.54) is 12.1 Å². The third kappa shape index (κ3) is 2.31. The fraction of sp³-hybridized carbons (Fsp3) is 0.444. The molecule has 0 aliphatic heterocycles. The van der Waals surface area contributed by atoms with Crippen molar-refractivity contribution < 1.29 is 8.78 Å². The van der Waals surface area contributed by atoms with Gasteiger partial charge in [0.25, 0.3) is 11.5 Å². The van der Waals surface area contributed by atoms with Crippen LogP contribution in [0, 0.1) is 6.92 Å². The molecule has 1 aromatic heterocycles. The van der Waals surface area contributed by atoms with E-state index in [1.54, 1.807) is 6.92 Å². The minimum atomic E-state index is -2.91. The smallest absolute Gasteiger partial charge is 0.263 e. The highest BCUT2D eigenvalue weighted by Gasteiger charge is 2.23. The van der Waals surface area contributed by atoms with Crippen LogP contribution in [0.2, 0.25) is 0 Å². The van der Waals surface area contributed by atoms with Crippen molar-refractivity contribution >= 4 is 5.69 Å². The zero-order valence-corrected chi connectivity index (χ0v) is 8.05. The SMILES string of the molecule is Cc1c(N)ccc(=O)n1CC(C)(F)F. The standard InChI is InChI=1S/C9H12F2N2O/c1-6-7(12)3-4-8(14)13(6)5-9(2,10)11/h3-4H,5,12H2,1-2H3. The second kappa shape index (κ2) is 3.40. The summed E-state index contributed by atoms with van der Waals surface area (Å²) < 4.78 is 26.4. The normalized spacial score (nSPS) is 11.7. The third-order valence-electron chi connectivity index (χ3n) is 1.93. The van der Waals surface area contributed by atoms with Gasteiger partial charge in [0.15, 0.2) is 0 Å². The molecule has 14 heavy (non-hydrogen) atoms. The number of nitrogens with zero attached hydrogens (tertiary/aromatic N) is 1. The number of aromatic nitrogens is 1.